The predicted molar refractivity (Wildman–Crippen MR) is 80.0 cm³/mol. The summed E-state index contributed by atoms with van der Waals surface area (Å²) >= 11 is 12.2. The van der Waals surface area contributed by atoms with Crippen molar-refractivity contribution in [2.45, 2.75) is 44.7 Å². The van der Waals surface area contributed by atoms with Crippen molar-refractivity contribution in [3.8, 4) is 0 Å². The van der Waals surface area contributed by atoms with Gasteiger partial charge in [0, 0.05) is 18.0 Å². The molecule has 19 heavy (non-hydrogen) atoms. The van der Waals surface area contributed by atoms with Gasteiger partial charge in [0.15, 0.2) is 0 Å². The van der Waals surface area contributed by atoms with Crippen LogP contribution >= 0.6 is 23.2 Å². The maximum Gasteiger partial charge on any atom is 0.113 e. The van der Waals surface area contributed by atoms with Crippen molar-refractivity contribution in [1.82, 2.24) is 9.55 Å². The summed E-state index contributed by atoms with van der Waals surface area (Å²) in [6.45, 7) is 4.77. The molecule has 5 heteroatoms. The van der Waals surface area contributed by atoms with E-state index in [4.69, 9.17) is 33.9 Å². The first-order chi connectivity index (χ1) is 8.85. The number of hydrogen-bond donors (Lipinski definition) is 1. The third-order valence-electron chi connectivity index (χ3n) is 3.33. The highest BCUT2D eigenvalue weighted by molar-refractivity contribution is 6.42. The highest BCUT2D eigenvalue weighted by Crippen LogP contribution is 2.41. The molecule has 3 rings (SSSR count). The molecule has 0 radical (unpaired) electrons. The molecule has 0 bridgehead atoms. The van der Waals surface area contributed by atoms with Crippen molar-refractivity contribution >= 4 is 34.2 Å². The first kappa shape index (κ1) is 13.2. The van der Waals surface area contributed by atoms with E-state index in [0.717, 1.165) is 23.4 Å². The second-order valence-corrected chi connectivity index (χ2v) is 6.89. The molecular weight excluding hydrogens is 281 g/mol. The third kappa shape index (κ3) is 2.60. The first-order valence-electron chi connectivity index (χ1n) is 6.49. The Bertz CT molecular complexity index is 636. The minimum absolute atomic E-state index is 0.288. The Morgan fingerprint density at radius 1 is 1.32 bits per heavy atom. The number of fused-ring (bicyclic) bond motifs is 1. The lowest BCUT2D eigenvalue weighted by atomic mass is 10.1. The van der Waals surface area contributed by atoms with Crippen LogP contribution in [-0.2, 0) is 6.54 Å². The molecule has 0 atom stereocenters. The second-order valence-electron chi connectivity index (χ2n) is 6.07. The molecule has 1 fully saturated rings. The number of hydrogen-bond acceptors (Lipinski definition) is 2. The lowest BCUT2D eigenvalue weighted by Gasteiger charge is -2.21. The zero-order valence-corrected chi connectivity index (χ0v) is 12.6. The highest BCUT2D eigenvalue weighted by Gasteiger charge is 2.31. The second kappa shape index (κ2) is 4.37. The summed E-state index contributed by atoms with van der Waals surface area (Å²) in [6, 6.07) is 3.73. The van der Waals surface area contributed by atoms with Gasteiger partial charge >= 0.3 is 0 Å². The first-order valence-corrected chi connectivity index (χ1v) is 7.25. The van der Waals surface area contributed by atoms with E-state index < -0.39 is 0 Å². The summed E-state index contributed by atoms with van der Waals surface area (Å²) in [5.41, 5.74) is 7.81. The largest absolute Gasteiger partial charge is 0.326 e. The number of halogens is 2. The summed E-state index contributed by atoms with van der Waals surface area (Å²) in [5.74, 6) is 1.68. The molecule has 0 spiro atoms. The van der Waals surface area contributed by atoms with Crippen LogP contribution in [0.1, 0.15) is 38.4 Å². The Labute approximate surface area is 122 Å². The van der Waals surface area contributed by atoms with Gasteiger partial charge < -0.3 is 10.3 Å². The van der Waals surface area contributed by atoms with Crippen LogP contribution in [-0.4, -0.2) is 15.1 Å². The maximum absolute atomic E-state index is 6.17. The molecule has 0 unspecified atom stereocenters. The van der Waals surface area contributed by atoms with Gasteiger partial charge in [-0.15, -0.1) is 0 Å². The molecule has 0 aliphatic heterocycles. The SMILES string of the molecule is CC(C)(N)Cn1c(C2CC2)nc2cc(Cl)c(Cl)cc21. The van der Waals surface area contributed by atoms with E-state index in [2.05, 4.69) is 4.57 Å². The summed E-state index contributed by atoms with van der Waals surface area (Å²) < 4.78 is 2.20. The minimum atomic E-state index is -0.288. The number of imidazole rings is 1. The summed E-state index contributed by atoms with van der Waals surface area (Å²) in [6.07, 6.45) is 2.41. The molecule has 1 aliphatic rings. The maximum atomic E-state index is 6.17. The molecule has 1 aliphatic carbocycles. The van der Waals surface area contributed by atoms with Crippen molar-refractivity contribution in [3.05, 3.63) is 28.0 Å². The van der Waals surface area contributed by atoms with Crippen LogP contribution in [0, 0.1) is 0 Å². The van der Waals surface area contributed by atoms with Gasteiger partial charge in [-0.1, -0.05) is 23.2 Å². The normalized spacial score (nSPS) is 16.3. The van der Waals surface area contributed by atoms with Crippen LogP contribution in [0.2, 0.25) is 10.0 Å². The monoisotopic (exact) mass is 297 g/mol. The minimum Gasteiger partial charge on any atom is -0.326 e. The van der Waals surface area contributed by atoms with E-state index >= 15 is 0 Å². The van der Waals surface area contributed by atoms with Crippen molar-refractivity contribution in [2.75, 3.05) is 0 Å². The van der Waals surface area contributed by atoms with Crippen molar-refractivity contribution in [1.29, 1.82) is 0 Å². The molecule has 0 amide bonds. The molecule has 0 saturated heterocycles. The lowest BCUT2D eigenvalue weighted by Crippen LogP contribution is -2.37. The van der Waals surface area contributed by atoms with Crippen LogP contribution in [0.3, 0.4) is 0 Å². The molecule has 2 N–H and O–H groups in total. The predicted octanol–water partition coefficient (Wildman–Crippen LogP) is 3.96. The van der Waals surface area contributed by atoms with E-state index in [1.165, 1.54) is 12.8 Å². The summed E-state index contributed by atoms with van der Waals surface area (Å²) in [5, 5.41) is 1.11. The number of benzene rings is 1. The van der Waals surface area contributed by atoms with E-state index in [1.54, 1.807) is 0 Å². The molecule has 1 aromatic carbocycles. The Morgan fingerprint density at radius 3 is 2.53 bits per heavy atom. The van der Waals surface area contributed by atoms with Crippen molar-refractivity contribution in [3.63, 3.8) is 0 Å². The lowest BCUT2D eigenvalue weighted by molar-refractivity contribution is 0.432. The van der Waals surface area contributed by atoms with E-state index in [0.29, 0.717) is 16.0 Å². The number of rotatable bonds is 3. The highest BCUT2D eigenvalue weighted by atomic mass is 35.5. The van der Waals surface area contributed by atoms with Crippen LogP contribution < -0.4 is 5.73 Å². The van der Waals surface area contributed by atoms with Gasteiger partial charge in [0.2, 0.25) is 0 Å². The molecule has 102 valence electrons. The van der Waals surface area contributed by atoms with Gasteiger partial charge in [0.1, 0.15) is 5.82 Å². The van der Waals surface area contributed by atoms with Gasteiger partial charge in [0.05, 0.1) is 21.1 Å². The van der Waals surface area contributed by atoms with Crippen LogP contribution in [0.15, 0.2) is 12.1 Å². The van der Waals surface area contributed by atoms with E-state index in [1.807, 2.05) is 26.0 Å². The Kier molecular flexibility index (Phi) is 3.04. The van der Waals surface area contributed by atoms with Gasteiger partial charge in [0.25, 0.3) is 0 Å². The van der Waals surface area contributed by atoms with Gasteiger partial charge in [-0.05, 0) is 38.8 Å². The Hall–Kier alpha value is -0.770. The fourth-order valence-corrected chi connectivity index (χ4v) is 2.68. The molecular formula is C14H17Cl2N3. The number of aromatic nitrogens is 2. The van der Waals surface area contributed by atoms with Crippen LogP contribution in [0.25, 0.3) is 11.0 Å². The number of nitrogens with zero attached hydrogens (tertiary/aromatic N) is 2. The van der Waals surface area contributed by atoms with Gasteiger partial charge in [-0.25, -0.2) is 4.98 Å². The molecule has 1 heterocycles. The third-order valence-corrected chi connectivity index (χ3v) is 4.05. The average Bonchev–Trinajstić information content (AvgIpc) is 3.06. The summed E-state index contributed by atoms with van der Waals surface area (Å²) in [7, 11) is 0. The molecule has 3 nitrogen and oxygen atoms in total. The summed E-state index contributed by atoms with van der Waals surface area (Å²) in [4.78, 5) is 4.73. The zero-order chi connectivity index (χ0) is 13.8. The van der Waals surface area contributed by atoms with Gasteiger partial charge in [-0.3, -0.25) is 0 Å². The van der Waals surface area contributed by atoms with Crippen molar-refractivity contribution in [2.24, 2.45) is 5.73 Å². The molecule has 1 saturated carbocycles. The Morgan fingerprint density at radius 2 is 1.95 bits per heavy atom. The van der Waals surface area contributed by atoms with Gasteiger partial charge in [-0.2, -0.15) is 0 Å². The Balaban J connectivity index is 2.19. The fourth-order valence-electron chi connectivity index (χ4n) is 2.37. The topological polar surface area (TPSA) is 43.8 Å². The fraction of sp³-hybridized carbons (Fsp3) is 0.500. The molecule has 2 aromatic rings. The zero-order valence-electron chi connectivity index (χ0n) is 11.1. The smallest absolute Gasteiger partial charge is 0.113 e. The molecule has 1 aromatic heterocycles. The van der Waals surface area contributed by atoms with Crippen LogP contribution in [0.4, 0.5) is 0 Å². The van der Waals surface area contributed by atoms with E-state index in [9.17, 15) is 0 Å². The van der Waals surface area contributed by atoms with Crippen molar-refractivity contribution < 1.29 is 0 Å². The van der Waals surface area contributed by atoms with E-state index in [-0.39, 0.29) is 5.54 Å². The standard InChI is InChI=1S/C14H17Cl2N3/c1-14(2,17)7-19-12-6-10(16)9(15)5-11(12)18-13(19)8-3-4-8/h5-6,8H,3-4,7,17H2,1-2H3. The van der Waals surface area contributed by atoms with Crippen LogP contribution in [0.5, 0.6) is 0 Å². The quantitative estimate of drug-likeness (QED) is 0.932. The average molecular weight is 298 g/mol. The number of nitrogens with two attached hydrogens (primary N) is 1.